The minimum atomic E-state index is -1.07. The molecule has 0 aromatic heterocycles. The fourth-order valence-corrected chi connectivity index (χ4v) is 4.51. The largest absolute Gasteiger partial charge is 0.504 e. The molecule has 6 unspecified atom stereocenters. The third-order valence-electron chi connectivity index (χ3n) is 6.25. The number of phenols is 2. The number of carbonyl (C=O) groups excluding carboxylic acids is 1. The molecule has 1 heterocycles. The second-order valence-corrected chi connectivity index (χ2v) is 9.07. The van der Waals surface area contributed by atoms with E-state index in [1.165, 1.54) is 24.5 Å². The van der Waals surface area contributed by atoms with E-state index in [1.54, 1.807) is 0 Å². The molecule has 6 nitrogen and oxygen atoms in total. The van der Waals surface area contributed by atoms with E-state index in [2.05, 4.69) is 0 Å². The number of ketones is 1. The van der Waals surface area contributed by atoms with E-state index in [1.807, 2.05) is 39.8 Å². The SMILES string of the molecule is CC(C)=CCC1C(O)C(CC=C(C)C)C2OC=C(c3ccc(O)c(O)c3)C(=O)C2C1O. The lowest BCUT2D eigenvalue weighted by Gasteiger charge is -2.48. The molecule has 1 aliphatic carbocycles. The first kappa shape index (κ1) is 23.1. The van der Waals surface area contributed by atoms with E-state index < -0.39 is 30.1 Å². The molecule has 0 bridgehead atoms. The van der Waals surface area contributed by atoms with E-state index in [-0.39, 0.29) is 28.8 Å². The first-order valence-electron chi connectivity index (χ1n) is 10.7. The Balaban J connectivity index is 2.00. The molecule has 4 N–H and O–H groups in total. The highest BCUT2D eigenvalue weighted by molar-refractivity contribution is 6.22. The van der Waals surface area contributed by atoms with Gasteiger partial charge in [0.1, 0.15) is 6.10 Å². The fourth-order valence-electron chi connectivity index (χ4n) is 4.51. The number of Topliss-reactive ketones (excluding diaryl/α,β-unsaturated/α-hetero) is 1. The molecule has 1 aromatic carbocycles. The summed E-state index contributed by atoms with van der Waals surface area (Å²) in [6, 6.07) is 4.13. The Hall–Kier alpha value is -2.57. The van der Waals surface area contributed by atoms with E-state index in [4.69, 9.17) is 4.74 Å². The molecule has 1 saturated carbocycles. The van der Waals surface area contributed by atoms with Gasteiger partial charge in [-0.2, -0.15) is 0 Å². The Morgan fingerprint density at radius 3 is 2.13 bits per heavy atom. The van der Waals surface area contributed by atoms with Gasteiger partial charge in [0.25, 0.3) is 0 Å². The van der Waals surface area contributed by atoms with Crippen LogP contribution in [-0.2, 0) is 9.53 Å². The molecule has 6 atom stereocenters. The van der Waals surface area contributed by atoms with Gasteiger partial charge in [0, 0.05) is 11.8 Å². The number of rotatable bonds is 5. The molecule has 168 valence electrons. The lowest BCUT2D eigenvalue weighted by molar-refractivity contribution is -0.165. The Morgan fingerprint density at radius 1 is 0.935 bits per heavy atom. The summed E-state index contributed by atoms with van der Waals surface area (Å²) < 4.78 is 5.96. The standard InChI is InChI=1S/C25H32O6/c1-13(2)5-8-16-22(28)17(9-6-14(3)4)25-21(23(16)29)24(30)18(12-31-25)15-7-10-19(26)20(27)11-15/h5-7,10-12,16-17,21-23,25-29H,8-9H2,1-4H3. The second kappa shape index (κ2) is 9.28. The van der Waals surface area contributed by atoms with Crippen molar-refractivity contribution in [3.63, 3.8) is 0 Å². The van der Waals surface area contributed by atoms with Crippen molar-refractivity contribution in [3.8, 4) is 11.5 Å². The van der Waals surface area contributed by atoms with E-state index in [0.29, 0.717) is 18.4 Å². The van der Waals surface area contributed by atoms with Gasteiger partial charge in [-0.1, -0.05) is 29.4 Å². The average Bonchev–Trinajstić information content (AvgIpc) is 2.69. The molecule has 3 rings (SSSR count). The third-order valence-corrected chi connectivity index (χ3v) is 6.25. The van der Waals surface area contributed by atoms with Crippen LogP contribution in [-0.4, -0.2) is 44.5 Å². The lowest BCUT2D eigenvalue weighted by Crippen LogP contribution is -2.59. The third kappa shape index (κ3) is 4.70. The summed E-state index contributed by atoms with van der Waals surface area (Å²) in [5, 5.41) is 41.7. The van der Waals surface area contributed by atoms with Crippen molar-refractivity contribution in [2.45, 2.75) is 58.8 Å². The Morgan fingerprint density at radius 2 is 1.55 bits per heavy atom. The van der Waals surface area contributed by atoms with Crippen molar-refractivity contribution in [3.05, 3.63) is 53.3 Å². The zero-order chi connectivity index (χ0) is 22.9. The molecule has 1 fully saturated rings. The quantitative estimate of drug-likeness (QED) is 0.421. The minimum absolute atomic E-state index is 0.230. The number of carbonyl (C=O) groups is 1. The maximum Gasteiger partial charge on any atom is 0.175 e. The number of ether oxygens (including phenoxy) is 1. The first-order valence-corrected chi connectivity index (χ1v) is 10.7. The molecular weight excluding hydrogens is 396 g/mol. The molecule has 31 heavy (non-hydrogen) atoms. The van der Waals surface area contributed by atoms with Gasteiger partial charge in [0.05, 0.1) is 30.0 Å². The van der Waals surface area contributed by atoms with E-state index >= 15 is 0 Å². The van der Waals surface area contributed by atoms with Crippen LogP contribution in [0.5, 0.6) is 11.5 Å². The number of aliphatic hydroxyl groups excluding tert-OH is 2. The summed E-state index contributed by atoms with van der Waals surface area (Å²) in [5.41, 5.74) is 2.81. The molecule has 1 aliphatic heterocycles. The monoisotopic (exact) mass is 428 g/mol. The van der Waals surface area contributed by atoms with Crippen LogP contribution >= 0.6 is 0 Å². The summed E-state index contributed by atoms with van der Waals surface area (Å²) in [4.78, 5) is 13.5. The van der Waals surface area contributed by atoms with Gasteiger partial charge in [0.2, 0.25) is 0 Å². The van der Waals surface area contributed by atoms with Gasteiger partial charge in [-0.15, -0.1) is 0 Å². The van der Waals surface area contributed by atoms with Crippen LogP contribution in [0.3, 0.4) is 0 Å². The molecule has 2 aliphatic rings. The zero-order valence-corrected chi connectivity index (χ0v) is 18.4. The number of phenolic OH excluding ortho intramolecular Hbond substituents is 2. The predicted molar refractivity (Wildman–Crippen MR) is 118 cm³/mol. The van der Waals surface area contributed by atoms with Crippen molar-refractivity contribution in [1.82, 2.24) is 0 Å². The summed E-state index contributed by atoms with van der Waals surface area (Å²) in [5.74, 6) is -2.57. The number of aromatic hydroxyl groups is 2. The maximum absolute atomic E-state index is 13.5. The summed E-state index contributed by atoms with van der Waals surface area (Å²) >= 11 is 0. The summed E-state index contributed by atoms with van der Waals surface area (Å²) in [6.07, 6.45) is 3.81. The van der Waals surface area contributed by atoms with Crippen LogP contribution in [0.2, 0.25) is 0 Å². The van der Waals surface area contributed by atoms with Gasteiger partial charge in [-0.05, 0) is 58.2 Å². The highest BCUT2D eigenvalue weighted by Crippen LogP contribution is 2.45. The number of allylic oxidation sites excluding steroid dienone is 5. The summed E-state index contributed by atoms with van der Waals surface area (Å²) in [7, 11) is 0. The van der Waals surface area contributed by atoms with Crippen LogP contribution in [0, 0.1) is 17.8 Å². The number of fused-ring (bicyclic) bond motifs is 1. The molecular formula is C25H32O6. The smallest absolute Gasteiger partial charge is 0.175 e. The van der Waals surface area contributed by atoms with Crippen LogP contribution in [0.1, 0.15) is 46.1 Å². The Kier molecular flexibility index (Phi) is 6.92. The van der Waals surface area contributed by atoms with Crippen LogP contribution in [0.25, 0.3) is 5.57 Å². The normalized spacial score (nSPS) is 30.0. The van der Waals surface area contributed by atoms with Crippen LogP contribution < -0.4 is 0 Å². The predicted octanol–water partition coefficient (Wildman–Crippen LogP) is 3.70. The number of aliphatic hydroxyl groups is 2. The number of hydrogen-bond donors (Lipinski definition) is 4. The second-order valence-electron chi connectivity index (χ2n) is 9.07. The topological polar surface area (TPSA) is 107 Å². The van der Waals surface area contributed by atoms with E-state index in [0.717, 1.165) is 11.1 Å². The van der Waals surface area contributed by atoms with Crippen molar-refractivity contribution in [2.75, 3.05) is 0 Å². The number of benzene rings is 1. The van der Waals surface area contributed by atoms with Gasteiger partial charge in [-0.3, -0.25) is 4.79 Å². The van der Waals surface area contributed by atoms with Crippen LogP contribution in [0.15, 0.2) is 47.8 Å². The Bertz CT molecular complexity index is 920. The summed E-state index contributed by atoms with van der Waals surface area (Å²) in [6.45, 7) is 7.87. The molecule has 0 spiro atoms. The van der Waals surface area contributed by atoms with Crippen LogP contribution in [0.4, 0.5) is 0 Å². The van der Waals surface area contributed by atoms with Crippen molar-refractivity contribution in [1.29, 1.82) is 0 Å². The molecule has 0 amide bonds. The molecule has 6 heteroatoms. The van der Waals surface area contributed by atoms with Gasteiger partial charge >= 0.3 is 0 Å². The average molecular weight is 429 g/mol. The van der Waals surface area contributed by atoms with Crippen molar-refractivity contribution < 1.29 is 30.0 Å². The highest BCUT2D eigenvalue weighted by Gasteiger charge is 2.54. The molecule has 1 aromatic rings. The highest BCUT2D eigenvalue weighted by atomic mass is 16.5. The number of hydrogen-bond acceptors (Lipinski definition) is 6. The van der Waals surface area contributed by atoms with Crippen molar-refractivity contribution >= 4 is 11.4 Å². The van der Waals surface area contributed by atoms with Gasteiger partial charge < -0.3 is 25.2 Å². The van der Waals surface area contributed by atoms with Crippen molar-refractivity contribution in [2.24, 2.45) is 17.8 Å². The van der Waals surface area contributed by atoms with E-state index in [9.17, 15) is 25.2 Å². The minimum Gasteiger partial charge on any atom is -0.504 e. The zero-order valence-electron chi connectivity index (χ0n) is 18.4. The maximum atomic E-state index is 13.5. The Labute approximate surface area is 183 Å². The van der Waals surface area contributed by atoms with Gasteiger partial charge in [-0.25, -0.2) is 0 Å². The molecule has 0 radical (unpaired) electrons. The van der Waals surface area contributed by atoms with Gasteiger partial charge in [0.15, 0.2) is 17.3 Å². The fraction of sp³-hybridized carbons (Fsp3) is 0.480. The molecule has 0 saturated heterocycles. The first-order chi connectivity index (χ1) is 14.6. The lowest BCUT2D eigenvalue weighted by atomic mass is 9.64.